The Bertz CT molecular complexity index is 500. The zero-order valence-electron chi connectivity index (χ0n) is 10.3. The molecule has 0 aliphatic carbocycles. The molecule has 0 bridgehead atoms. The smallest absolute Gasteiger partial charge is 0.0603 e. The third-order valence-corrected chi connectivity index (χ3v) is 3.31. The Kier molecular flexibility index (Phi) is 3.13. The van der Waals surface area contributed by atoms with Crippen molar-refractivity contribution < 1.29 is 0 Å². The van der Waals surface area contributed by atoms with Crippen LogP contribution in [-0.2, 0) is 6.54 Å². The van der Waals surface area contributed by atoms with E-state index in [9.17, 15) is 0 Å². The lowest BCUT2D eigenvalue weighted by molar-refractivity contribution is 0.342. The highest BCUT2D eigenvalue weighted by atomic mass is 15.1. The lowest BCUT2D eigenvalue weighted by atomic mass is 10.1. The van der Waals surface area contributed by atoms with Crippen LogP contribution < -0.4 is 5.32 Å². The van der Waals surface area contributed by atoms with Gasteiger partial charge in [-0.05, 0) is 36.1 Å². The van der Waals surface area contributed by atoms with Gasteiger partial charge in [-0.15, -0.1) is 0 Å². The van der Waals surface area contributed by atoms with Gasteiger partial charge in [0.05, 0.1) is 5.70 Å². The van der Waals surface area contributed by atoms with Gasteiger partial charge >= 0.3 is 0 Å². The molecule has 3 heteroatoms. The summed E-state index contributed by atoms with van der Waals surface area (Å²) in [5, 5.41) is 3.19. The standard InChI is InChI=1S/C15H17N3/c1-2-9-18(12-13-4-3-7-16-10-13)15-11-17-8-6-14(15)5-1/h3-8,10-11,17H,1-2,9,12H2. The van der Waals surface area contributed by atoms with Gasteiger partial charge in [0.15, 0.2) is 0 Å². The van der Waals surface area contributed by atoms with E-state index in [2.05, 4.69) is 39.6 Å². The van der Waals surface area contributed by atoms with Crippen molar-refractivity contribution in [3.05, 3.63) is 65.9 Å². The van der Waals surface area contributed by atoms with Crippen molar-refractivity contribution in [1.29, 1.82) is 0 Å². The Balaban J connectivity index is 1.83. The number of nitrogens with one attached hydrogen (secondary N) is 1. The fraction of sp³-hybridized carbons (Fsp3) is 0.267. The summed E-state index contributed by atoms with van der Waals surface area (Å²) in [6.45, 7) is 2.02. The molecule has 92 valence electrons. The summed E-state index contributed by atoms with van der Waals surface area (Å²) in [6.07, 6.45) is 14.7. The third kappa shape index (κ3) is 2.30. The van der Waals surface area contributed by atoms with Gasteiger partial charge in [0.2, 0.25) is 0 Å². The normalized spacial score (nSPS) is 18.3. The summed E-state index contributed by atoms with van der Waals surface area (Å²) in [5.74, 6) is 0. The first-order valence-electron chi connectivity index (χ1n) is 6.40. The summed E-state index contributed by atoms with van der Waals surface area (Å²) < 4.78 is 0. The van der Waals surface area contributed by atoms with Crippen LogP contribution in [0.1, 0.15) is 18.4 Å². The van der Waals surface area contributed by atoms with Gasteiger partial charge in [0.1, 0.15) is 0 Å². The molecule has 3 nitrogen and oxygen atoms in total. The molecule has 0 spiro atoms. The van der Waals surface area contributed by atoms with E-state index in [1.807, 2.05) is 24.7 Å². The molecule has 1 aromatic rings. The minimum Gasteiger partial charge on any atom is -0.366 e. The maximum atomic E-state index is 4.19. The lowest BCUT2D eigenvalue weighted by Gasteiger charge is -2.27. The SMILES string of the molecule is C1=CC2=CCCCN(Cc3cccnc3)C2=CN1. The van der Waals surface area contributed by atoms with E-state index in [1.54, 1.807) is 0 Å². The topological polar surface area (TPSA) is 28.2 Å². The Morgan fingerprint density at radius 2 is 2.39 bits per heavy atom. The van der Waals surface area contributed by atoms with Crippen LogP contribution >= 0.6 is 0 Å². The minimum atomic E-state index is 0.923. The molecule has 18 heavy (non-hydrogen) atoms. The number of nitrogens with zero attached hydrogens (tertiary/aromatic N) is 2. The molecule has 0 fully saturated rings. The van der Waals surface area contributed by atoms with Crippen molar-refractivity contribution in [3.63, 3.8) is 0 Å². The van der Waals surface area contributed by atoms with Gasteiger partial charge in [-0.25, -0.2) is 0 Å². The molecule has 0 saturated carbocycles. The molecule has 0 atom stereocenters. The molecule has 2 aliphatic rings. The van der Waals surface area contributed by atoms with Crippen molar-refractivity contribution >= 4 is 0 Å². The second-order valence-electron chi connectivity index (χ2n) is 4.61. The molecular formula is C15H17N3. The lowest BCUT2D eigenvalue weighted by Crippen LogP contribution is -2.26. The first-order chi connectivity index (χ1) is 8.93. The van der Waals surface area contributed by atoms with Crippen LogP contribution in [0.25, 0.3) is 0 Å². The first kappa shape index (κ1) is 11.1. The van der Waals surface area contributed by atoms with Crippen molar-refractivity contribution in [3.8, 4) is 0 Å². The number of hydrogen-bond acceptors (Lipinski definition) is 3. The van der Waals surface area contributed by atoms with Gasteiger partial charge in [0.25, 0.3) is 0 Å². The second kappa shape index (κ2) is 5.08. The average Bonchev–Trinajstić information content (AvgIpc) is 2.63. The van der Waals surface area contributed by atoms with Crippen LogP contribution in [0.15, 0.2) is 60.3 Å². The van der Waals surface area contributed by atoms with Crippen LogP contribution in [0.3, 0.4) is 0 Å². The highest BCUT2D eigenvalue weighted by Crippen LogP contribution is 2.25. The van der Waals surface area contributed by atoms with Crippen molar-refractivity contribution in [1.82, 2.24) is 15.2 Å². The van der Waals surface area contributed by atoms with E-state index in [0.29, 0.717) is 0 Å². The maximum Gasteiger partial charge on any atom is 0.0603 e. The number of dihydropyridines is 1. The highest BCUT2D eigenvalue weighted by Gasteiger charge is 2.17. The second-order valence-corrected chi connectivity index (χ2v) is 4.61. The molecule has 0 amide bonds. The number of rotatable bonds is 2. The number of pyridine rings is 1. The molecule has 1 N–H and O–H groups in total. The molecule has 3 rings (SSSR count). The largest absolute Gasteiger partial charge is 0.366 e. The van der Waals surface area contributed by atoms with Crippen LogP contribution in [-0.4, -0.2) is 16.4 Å². The van der Waals surface area contributed by atoms with E-state index in [1.165, 1.54) is 23.3 Å². The summed E-state index contributed by atoms with van der Waals surface area (Å²) in [5.41, 5.74) is 3.88. The molecule has 3 heterocycles. The summed E-state index contributed by atoms with van der Waals surface area (Å²) in [6, 6.07) is 4.13. The molecule has 0 unspecified atom stereocenters. The third-order valence-electron chi connectivity index (χ3n) is 3.31. The summed E-state index contributed by atoms with van der Waals surface area (Å²) in [4.78, 5) is 6.61. The Hall–Kier alpha value is -2.03. The van der Waals surface area contributed by atoms with Crippen LogP contribution in [0.2, 0.25) is 0 Å². The molecular weight excluding hydrogens is 222 g/mol. The van der Waals surface area contributed by atoms with Gasteiger partial charge in [-0.2, -0.15) is 0 Å². The number of fused-ring (bicyclic) bond motifs is 1. The van der Waals surface area contributed by atoms with Crippen molar-refractivity contribution in [2.45, 2.75) is 19.4 Å². The molecule has 0 saturated heterocycles. The Morgan fingerprint density at radius 1 is 1.39 bits per heavy atom. The van der Waals surface area contributed by atoms with Crippen molar-refractivity contribution in [2.75, 3.05) is 6.54 Å². The van der Waals surface area contributed by atoms with Crippen LogP contribution in [0, 0.1) is 0 Å². The van der Waals surface area contributed by atoms with Gasteiger partial charge in [-0.3, -0.25) is 4.98 Å². The summed E-state index contributed by atoms with van der Waals surface area (Å²) in [7, 11) is 0. The highest BCUT2D eigenvalue weighted by molar-refractivity contribution is 5.42. The zero-order valence-corrected chi connectivity index (χ0v) is 10.3. The summed E-state index contributed by atoms with van der Waals surface area (Å²) >= 11 is 0. The number of aromatic nitrogens is 1. The maximum absolute atomic E-state index is 4.19. The Morgan fingerprint density at radius 3 is 3.28 bits per heavy atom. The average molecular weight is 239 g/mol. The monoisotopic (exact) mass is 239 g/mol. The van der Waals surface area contributed by atoms with Gasteiger partial charge in [-0.1, -0.05) is 12.1 Å². The number of allylic oxidation sites excluding steroid dienone is 2. The van der Waals surface area contributed by atoms with Crippen LogP contribution in [0.5, 0.6) is 0 Å². The predicted octanol–water partition coefficient (Wildman–Crippen LogP) is 2.56. The van der Waals surface area contributed by atoms with Gasteiger partial charge < -0.3 is 10.2 Å². The molecule has 0 radical (unpaired) electrons. The fourth-order valence-electron chi connectivity index (χ4n) is 2.42. The van der Waals surface area contributed by atoms with Gasteiger partial charge in [0, 0.05) is 37.9 Å². The minimum absolute atomic E-state index is 0.923. The molecule has 1 aromatic heterocycles. The fourth-order valence-corrected chi connectivity index (χ4v) is 2.42. The van der Waals surface area contributed by atoms with Crippen LogP contribution in [0.4, 0.5) is 0 Å². The van der Waals surface area contributed by atoms with Crippen molar-refractivity contribution in [2.24, 2.45) is 0 Å². The van der Waals surface area contributed by atoms with E-state index in [-0.39, 0.29) is 0 Å². The number of hydrogen-bond donors (Lipinski definition) is 1. The molecule has 2 aliphatic heterocycles. The zero-order chi connectivity index (χ0) is 12.2. The first-order valence-corrected chi connectivity index (χ1v) is 6.40. The van der Waals surface area contributed by atoms with E-state index in [4.69, 9.17) is 0 Å². The van der Waals surface area contributed by atoms with E-state index < -0.39 is 0 Å². The van der Waals surface area contributed by atoms with E-state index >= 15 is 0 Å². The Labute approximate surface area is 108 Å². The quantitative estimate of drug-likeness (QED) is 0.859. The molecule has 0 aromatic carbocycles. The van der Waals surface area contributed by atoms with E-state index in [0.717, 1.165) is 19.5 Å². The predicted molar refractivity (Wildman–Crippen MR) is 72.3 cm³/mol.